The quantitative estimate of drug-likeness (QED) is 0.824. The highest BCUT2D eigenvalue weighted by Crippen LogP contribution is 2.40. The lowest BCUT2D eigenvalue weighted by Gasteiger charge is -2.41. The standard InChI is InChI=1S/C15H25NO3/c1-14(4-2-6-16-10-14)13(17)12-3-7-19-15(9-12)5-8-18-11-15/h12,16H,2-11H2,1H3. The molecule has 0 radical (unpaired) electrons. The largest absolute Gasteiger partial charge is 0.378 e. The van der Waals surface area contributed by atoms with Crippen LogP contribution in [0.1, 0.15) is 39.0 Å². The van der Waals surface area contributed by atoms with Gasteiger partial charge in [-0.1, -0.05) is 6.92 Å². The number of rotatable bonds is 2. The Kier molecular flexibility index (Phi) is 3.67. The molecule has 3 rings (SSSR count). The van der Waals surface area contributed by atoms with Gasteiger partial charge < -0.3 is 14.8 Å². The van der Waals surface area contributed by atoms with E-state index in [1.165, 1.54) is 0 Å². The zero-order valence-electron chi connectivity index (χ0n) is 11.9. The lowest BCUT2D eigenvalue weighted by atomic mass is 9.70. The summed E-state index contributed by atoms with van der Waals surface area (Å²) in [6.45, 7) is 6.19. The molecule has 3 heterocycles. The molecule has 3 aliphatic heterocycles. The number of carbonyl (C=O) groups is 1. The van der Waals surface area contributed by atoms with Gasteiger partial charge in [-0.15, -0.1) is 0 Å². The average Bonchev–Trinajstić information content (AvgIpc) is 2.87. The molecule has 0 aromatic carbocycles. The van der Waals surface area contributed by atoms with Gasteiger partial charge in [0.25, 0.3) is 0 Å². The van der Waals surface area contributed by atoms with Crippen LogP contribution < -0.4 is 5.32 Å². The summed E-state index contributed by atoms with van der Waals surface area (Å²) in [5, 5.41) is 3.38. The van der Waals surface area contributed by atoms with Crippen LogP contribution in [0.5, 0.6) is 0 Å². The molecule has 3 fully saturated rings. The van der Waals surface area contributed by atoms with Crippen molar-refractivity contribution >= 4 is 5.78 Å². The van der Waals surface area contributed by atoms with E-state index in [2.05, 4.69) is 12.2 Å². The molecule has 108 valence electrons. The third-order valence-corrected chi connectivity index (χ3v) is 5.12. The zero-order valence-corrected chi connectivity index (χ0v) is 11.9. The Bertz CT molecular complexity index is 343. The smallest absolute Gasteiger partial charge is 0.143 e. The van der Waals surface area contributed by atoms with E-state index in [0.29, 0.717) is 19.0 Å². The van der Waals surface area contributed by atoms with Crippen LogP contribution in [0.25, 0.3) is 0 Å². The van der Waals surface area contributed by atoms with Gasteiger partial charge in [0.05, 0.1) is 12.2 Å². The van der Waals surface area contributed by atoms with E-state index in [1.54, 1.807) is 0 Å². The van der Waals surface area contributed by atoms with Gasteiger partial charge in [-0.3, -0.25) is 4.79 Å². The van der Waals surface area contributed by atoms with Crippen molar-refractivity contribution in [3.05, 3.63) is 0 Å². The third kappa shape index (κ3) is 2.58. The number of hydrogen-bond donors (Lipinski definition) is 1. The minimum absolute atomic E-state index is 0.156. The number of ether oxygens (including phenoxy) is 2. The summed E-state index contributed by atoms with van der Waals surface area (Å²) in [5.74, 6) is 0.620. The Morgan fingerprint density at radius 1 is 1.32 bits per heavy atom. The second kappa shape index (κ2) is 5.15. The number of piperidine rings is 1. The summed E-state index contributed by atoms with van der Waals surface area (Å²) >= 11 is 0. The number of nitrogens with one attached hydrogen (secondary N) is 1. The summed E-state index contributed by atoms with van der Waals surface area (Å²) in [7, 11) is 0. The Balaban J connectivity index is 1.69. The summed E-state index contributed by atoms with van der Waals surface area (Å²) in [5.41, 5.74) is -0.321. The molecular weight excluding hydrogens is 242 g/mol. The molecule has 1 N–H and O–H groups in total. The molecule has 19 heavy (non-hydrogen) atoms. The molecule has 0 aliphatic carbocycles. The minimum Gasteiger partial charge on any atom is -0.378 e. The van der Waals surface area contributed by atoms with Crippen molar-refractivity contribution in [2.24, 2.45) is 11.3 Å². The van der Waals surface area contributed by atoms with E-state index in [9.17, 15) is 4.79 Å². The van der Waals surface area contributed by atoms with Crippen molar-refractivity contribution in [3.63, 3.8) is 0 Å². The first-order valence-corrected chi connectivity index (χ1v) is 7.60. The average molecular weight is 267 g/mol. The Morgan fingerprint density at radius 2 is 2.21 bits per heavy atom. The molecule has 0 aromatic rings. The highest BCUT2D eigenvalue weighted by atomic mass is 16.6. The zero-order chi connectivity index (χ0) is 13.3. The van der Waals surface area contributed by atoms with E-state index in [0.717, 1.165) is 51.8 Å². The first-order chi connectivity index (χ1) is 9.14. The molecule has 4 nitrogen and oxygen atoms in total. The predicted molar refractivity (Wildman–Crippen MR) is 72.1 cm³/mol. The molecule has 0 bridgehead atoms. The van der Waals surface area contributed by atoms with Gasteiger partial charge >= 0.3 is 0 Å². The van der Waals surface area contributed by atoms with Crippen molar-refractivity contribution < 1.29 is 14.3 Å². The molecule has 3 atom stereocenters. The van der Waals surface area contributed by atoms with Crippen LogP contribution in [-0.4, -0.2) is 44.3 Å². The Hall–Kier alpha value is -0.450. The fourth-order valence-corrected chi connectivity index (χ4v) is 3.87. The maximum atomic E-state index is 12.9. The lowest BCUT2D eigenvalue weighted by Crippen LogP contribution is -2.50. The second-order valence-corrected chi connectivity index (χ2v) is 6.73. The van der Waals surface area contributed by atoms with Crippen LogP contribution in [0.2, 0.25) is 0 Å². The van der Waals surface area contributed by atoms with Crippen molar-refractivity contribution in [2.45, 2.75) is 44.6 Å². The normalized spacial score (nSPS) is 43.5. The van der Waals surface area contributed by atoms with Crippen LogP contribution in [0.15, 0.2) is 0 Å². The maximum absolute atomic E-state index is 12.9. The van der Waals surface area contributed by atoms with Crippen molar-refractivity contribution in [1.29, 1.82) is 0 Å². The van der Waals surface area contributed by atoms with E-state index in [1.807, 2.05) is 0 Å². The first kappa shape index (κ1) is 13.5. The van der Waals surface area contributed by atoms with E-state index in [-0.39, 0.29) is 16.9 Å². The van der Waals surface area contributed by atoms with Gasteiger partial charge in [-0.2, -0.15) is 0 Å². The number of hydrogen-bond acceptors (Lipinski definition) is 4. The van der Waals surface area contributed by atoms with E-state index in [4.69, 9.17) is 9.47 Å². The fourth-order valence-electron chi connectivity index (χ4n) is 3.87. The lowest BCUT2D eigenvalue weighted by molar-refractivity contribution is -0.146. The summed E-state index contributed by atoms with van der Waals surface area (Å²) in [6, 6.07) is 0. The van der Waals surface area contributed by atoms with Crippen LogP contribution in [0.3, 0.4) is 0 Å². The summed E-state index contributed by atoms with van der Waals surface area (Å²) in [6.07, 6.45) is 4.84. The van der Waals surface area contributed by atoms with Crippen LogP contribution in [0.4, 0.5) is 0 Å². The highest BCUT2D eigenvalue weighted by Gasteiger charge is 2.46. The van der Waals surface area contributed by atoms with Crippen LogP contribution in [-0.2, 0) is 14.3 Å². The van der Waals surface area contributed by atoms with Crippen molar-refractivity contribution in [3.8, 4) is 0 Å². The molecule has 0 aromatic heterocycles. The van der Waals surface area contributed by atoms with Gasteiger partial charge in [0.15, 0.2) is 0 Å². The topological polar surface area (TPSA) is 47.6 Å². The molecule has 3 unspecified atom stereocenters. The Morgan fingerprint density at radius 3 is 2.89 bits per heavy atom. The molecule has 3 aliphatic rings. The van der Waals surface area contributed by atoms with Gasteiger partial charge in [-0.25, -0.2) is 0 Å². The number of ketones is 1. The summed E-state index contributed by atoms with van der Waals surface area (Å²) in [4.78, 5) is 12.9. The van der Waals surface area contributed by atoms with Crippen molar-refractivity contribution in [2.75, 3.05) is 32.9 Å². The molecule has 0 amide bonds. The third-order valence-electron chi connectivity index (χ3n) is 5.12. The van der Waals surface area contributed by atoms with Gasteiger partial charge in [0.2, 0.25) is 0 Å². The van der Waals surface area contributed by atoms with Crippen molar-refractivity contribution in [1.82, 2.24) is 5.32 Å². The molecule has 3 saturated heterocycles. The van der Waals surface area contributed by atoms with E-state index >= 15 is 0 Å². The highest BCUT2D eigenvalue weighted by molar-refractivity contribution is 5.87. The van der Waals surface area contributed by atoms with E-state index < -0.39 is 0 Å². The number of carbonyl (C=O) groups excluding carboxylic acids is 1. The molecule has 0 saturated carbocycles. The van der Waals surface area contributed by atoms with Gasteiger partial charge in [0, 0.05) is 37.5 Å². The maximum Gasteiger partial charge on any atom is 0.143 e. The Labute approximate surface area is 115 Å². The SMILES string of the molecule is CC1(C(=O)C2CCOC3(CCOC3)C2)CCCNC1. The molecular formula is C15H25NO3. The minimum atomic E-state index is -0.166. The predicted octanol–water partition coefficient (Wildman–Crippen LogP) is 1.53. The molecule has 4 heteroatoms. The van der Waals surface area contributed by atoms with Crippen LogP contribution in [0, 0.1) is 11.3 Å². The van der Waals surface area contributed by atoms with Gasteiger partial charge in [0.1, 0.15) is 5.78 Å². The monoisotopic (exact) mass is 267 g/mol. The van der Waals surface area contributed by atoms with Crippen LogP contribution >= 0.6 is 0 Å². The summed E-state index contributed by atoms with van der Waals surface area (Å²) < 4.78 is 11.4. The second-order valence-electron chi connectivity index (χ2n) is 6.73. The first-order valence-electron chi connectivity index (χ1n) is 7.60. The molecule has 1 spiro atoms. The van der Waals surface area contributed by atoms with Gasteiger partial charge in [-0.05, 0) is 32.2 Å². The fraction of sp³-hybridized carbons (Fsp3) is 0.933. The number of Topliss-reactive ketones (excluding diaryl/α,β-unsaturated/α-hetero) is 1.